The van der Waals surface area contributed by atoms with E-state index in [4.69, 9.17) is 5.14 Å². The summed E-state index contributed by atoms with van der Waals surface area (Å²) < 4.78 is 26.5. The Labute approximate surface area is 80.3 Å². The molecular formula is C6H9N3O4S. The van der Waals surface area contributed by atoms with Crippen LogP contribution in [-0.2, 0) is 14.8 Å². The van der Waals surface area contributed by atoms with Crippen molar-refractivity contribution in [1.82, 2.24) is 10.2 Å². The third-order valence-corrected chi connectivity index (χ3v) is 2.31. The van der Waals surface area contributed by atoms with E-state index in [1.165, 1.54) is 0 Å². The maximum Gasteiger partial charge on any atom is 0.357 e. The molecular weight excluding hydrogens is 210 g/mol. The molecule has 0 fully saturated rings. The number of primary sulfonamides is 1. The molecule has 1 heterocycles. The van der Waals surface area contributed by atoms with Crippen molar-refractivity contribution in [3.63, 3.8) is 0 Å². The Morgan fingerprint density at radius 2 is 2.36 bits per heavy atom. The van der Waals surface area contributed by atoms with Crippen LogP contribution in [0.3, 0.4) is 0 Å². The number of esters is 1. The summed E-state index contributed by atoms with van der Waals surface area (Å²) in [6.45, 7) is 1.74. The monoisotopic (exact) mass is 219 g/mol. The van der Waals surface area contributed by atoms with Crippen LogP contribution >= 0.6 is 0 Å². The highest BCUT2D eigenvalue weighted by Gasteiger charge is 2.22. The molecule has 0 aliphatic carbocycles. The molecule has 0 aromatic carbocycles. The van der Waals surface area contributed by atoms with Gasteiger partial charge in [0.15, 0.2) is 5.69 Å². The van der Waals surface area contributed by atoms with Crippen molar-refractivity contribution in [2.75, 3.05) is 6.61 Å². The van der Waals surface area contributed by atoms with Crippen molar-refractivity contribution in [3.05, 3.63) is 11.9 Å². The molecule has 0 saturated heterocycles. The fourth-order valence-corrected chi connectivity index (χ4v) is 1.45. The SMILES string of the molecule is CCOC(=O)c1[nH]ncc1S(N)(=O)=O. The van der Waals surface area contributed by atoms with Crippen LogP contribution in [0.5, 0.6) is 0 Å². The van der Waals surface area contributed by atoms with Gasteiger partial charge in [-0.1, -0.05) is 0 Å². The minimum absolute atomic E-state index is 0.141. The van der Waals surface area contributed by atoms with Crippen molar-refractivity contribution in [2.45, 2.75) is 11.8 Å². The van der Waals surface area contributed by atoms with Crippen molar-refractivity contribution < 1.29 is 17.9 Å². The highest BCUT2D eigenvalue weighted by Crippen LogP contribution is 2.11. The van der Waals surface area contributed by atoms with Gasteiger partial charge in [0.2, 0.25) is 10.0 Å². The van der Waals surface area contributed by atoms with Crippen LogP contribution in [0.25, 0.3) is 0 Å². The van der Waals surface area contributed by atoms with Crippen LogP contribution in [0, 0.1) is 0 Å². The summed E-state index contributed by atoms with van der Waals surface area (Å²) in [5.41, 5.74) is -0.255. The number of carbonyl (C=O) groups is 1. The van der Waals surface area contributed by atoms with E-state index in [9.17, 15) is 13.2 Å². The maximum absolute atomic E-state index is 11.2. The lowest BCUT2D eigenvalue weighted by atomic mass is 10.4. The average molecular weight is 219 g/mol. The molecule has 0 saturated carbocycles. The highest BCUT2D eigenvalue weighted by molar-refractivity contribution is 7.89. The van der Waals surface area contributed by atoms with E-state index in [2.05, 4.69) is 14.9 Å². The lowest BCUT2D eigenvalue weighted by molar-refractivity contribution is 0.0515. The molecule has 0 radical (unpaired) electrons. The second-order valence-electron chi connectivity index (χ2n) is 2.37. The van der Waals surface area contributed by atoms with E-state index in [0.717, 1.165) is 6.20 Å². The number of carbonyl (C=O) groups excluding carboxylic acids is 1. The number of nitrogens with zero attached hydrogens (tertiary/aromatic N) is 1. The van der Waals surface area contributed by atoms with Crippen molar-refractivity contribution >= 4 is 16.0 Å². The Bertz CT molecular complexity index is 436. The number of aromatic amines is 1. The number of sulfonamides is 1. The van der Waals surface area contributed by atoms with Gasteiger partial charge in [-0.05, 0) is 6.92 Å². The molecule has 1 rings (SSSR count). The molecule has 0 aliphatic heterocycles. The van der Waals surface area contributed by atoms with Gasteiger partial charge in [-0.15, -0.1) is 0 Å². The zero-order chi connectivity index (χ0) is 10.8. The van der Waals surface area contributed by atoms with Crippen molar-refractivity contribution in [2.24, 2.45) is 5.14 Å². The van der Waals surface area contributed by atoms with Crippen LogP contribution in [0.1, 0.15) is 17.4 Å². The Morgan fingerprint density at radius 3 is 2.86 bits per heavy atom. The summed E-state index contributed by atoms with van der Waals surface area (Å²) in [6.07, 6.45) is 0.960. The van der Waals surface area contributed by atoms with Gasteiger partial charge in [-0.2, -0.15) is 5.10 Å². The average Bonchev–Trinajstić information content (AvgIpc) is 2.50. The van der Waals surface area contributed by atoms with Gasteiger partial charge in [0.1, 0.15) is 4.90 Å². The number of nitrogens with one attached hydrogen (secondary N) is 1. The highest BCUT2D eigenvalue weighted by atomic mass is 32.2. The summed E-state index contributed by atoms with van der Waals surface area (Å²) in [5.74, 6) is -0.797. The summed E-state index contributed by atoms with van der Waals surface area (Å²) in [6, 6.07) is 0. The normalized spacial score (nSPS) is 11.3. The van der Waals surface area contributed by atoms with Gasteiger partial charge >= 0.3 is 5.97 Å². The standard InChI is InChI=1S/C6H9N3O4S/c1-2-13-6(10)5-4(3-8-9-5)14(7,11)12/h3H,2H2,1H3,(H,8,9)(H2,7,11,12). The van der Waals surface area contributed by atoms with Crippen LogP contribution in [0.2, 0.25) is 0 Å². The molecule has 0 spiro atoms. The fraction of sp³-hybridized carbons (Fsp3) is 0.333. The molecule has 0 atom stereocenters. The van der Waals surface area contributed by atoms with E-state index in [1.54, 1.807) is 6.92 Å². The van der Waals surface area contributed by atoms with Crippen molar-refractivity contribution in [3.8, 4) is 0 Å². The number of hydrogen-bond donors (Lipinski definition) is 2. The first-order valence-corrected chi connectivity index (χ1v) is 5.24. The summed E-state index contributed by atoms with van der Waals surface area (Å²) in [5, 5.41) is 10.5. The zero-order valence-corrected chi connectivity index (χ0v) is 8.17. The first-order valence-electron chi connectivity index (χ1n) is 3.70. The Morgan fingerprint density at radius 1 is 1.71 bits per heavy atom. The number of nitrogens with two attached hydrogens (primary N) is 1. The van der Waals surface area contributed by atoms with Gasteiger partial charge in [0, 0.05) is 0 Å². The molecule has 14 heavy (non-hydrogen) atoms. The molecule has 0 amide bonds. The second kappa shape index (κ2) is 3.76. The molecule has 8 heteroatoms. The summed E-state index contributed by atoms with van der Waals surface area (Å²) in [4.78, 5) is 10.8. The Kier molecular flexibility index (Phi) is 2.87. The van der Waals surface area contributed by atoms with Crippen LogP contribution in [-0.4, -0.2) is 31.2 Å². The maximum atomic E-state index is 11.2. The number of hydrogen-bond acceptors (Lipinski definition) is 5. The third kappa shape index (κ3) is 2.09. The molecule has 1 aromatic heterocycles. The van der Waals surface area contributed by atoms with Crippen LogP contribution in [0.15, 0.2) is 11.1 Å². The fourth-order valence-electron chi connectivity index (χ4n) is 0.840. The van der Waals surface area contributed by atoms with Gasteiger partial charge < -0.3 is 4.74 Å². The summed E-state index contributed by atoms with van der Waals surface area (Å²) >= 11 is 0. The number of H-pyrrole nitrogens is 1. The molecule has 0 aliphatic rings. The largest absolute Gasteiger partial charge is 0.461 e. The van der Waals surface area contributed by atoms with E-state index >= 15 is 0 Å². The molecule has 0 bridgehead atoms. The van der Waals surface area contributed by atoms with E-state index in [1.807, 2.05) is 0 Å². The predicted molar refractivity (Wildman–Crippen MR) is 45.9 cm³/mol. The molecule has 1 aromatic rings. The first kappa shape index (κ1) is 10.7. The van der Waals surface area contributed by atoms with Crippen molar-refractivity contribution in [1.29, 1.82) is 0 Å². The second-order valence-corrected chi connectivity index (χ2v) is 3.90. The van der Waals surface area contributed by atoms with Gasteiger partial charge in [0.05, 0.1) is 12.8 Å². The number of ether oxygens (including phenoxy) is 1. The van der Waals surface area contributed by atoms with Gasteiger partial charge in [-0.3, -0.25) is 5.10 Å². The minimum atomic E-state index is -3.95. The van der Waals surface area contributed by atoms with E-state index in [-0.39, 0.29) is 17.2 Å². The molecule has 0 unspecified atom stereocenters. The molecule has 7 nitrogen and oxygen atoms in total. The Hall–Kier alpha value is -1.41. The minimum Gasteiger partial charge on any atom is -0.461 e. The Balaban J connectivity index is 3.12. The van der Waals surface area contributed by atoms with E-state index < -0.39 is 16.0 Å². The van der Waals surface area contributed by atoms with E-state index in [0.29, 0.717) is 0 Å². The van der Waals surface area contributed by atoms with Crippen LogP contribution < -0.4 is 5.14 Å². The van der Waals surface area contributed by atoms with Gasteiger partial charge in [-0.25, -0.2) is 18.4 Å². The smallest absolute Gasteiger partial charge is 0.357 e. The quantitative estimate of drug-likeness (QED) is 0.648. The topological polar surface area (TPSA) is 115 Å². The van der Waals surface area contributed by atoms with Gasteiger partial charge in [0.25, 0.3) is 0 Å². The lowest BCUT2D eigenvalue weighted by Gasteiger charge is -2.00. The number of aromatic nitrogens is 2. The molecule has 3 N–H and O–H groups in total. The zero-order valence-electron chi connectivity index (χ0n) is 7.35. The third-order valence-electron chi connectivity index (χ3n) is 1.39. The van der Waals surface area contributed by atoms with Crippen LogP contribution in [0.4, 0.5) is 0 Å². The molecule has 78 valence electrons. The predicted octanol–water partition coefficient (Wildman–Crippen LogP) is -0.766. The summed E-state index contributed by atoms with van der Waals surface area (Å²) in [7, 11) is -3.95. The first-order chi connectivity index (χ1) is 6.46. The number of rotatable bonds is 3. The lowest BCUT2D eigenvalue weighted by Crippen LogP contribution is -2.16.